The van der Waals surface area contributed by atoms with Crippen molar-refractivity contribution in [3.05, 3.63) is 34.9 Å². The highest BCUT2D eigenvalue weighted by molar-refractivity contribution is 5.94. The monoisotopic (exact) mass is 189 g/mol. The Hall–Kier alpha value is -1.31. The predicted molar refractivity (Wildman–Crippen MR) is 56.3 cm³/mol. The fourth-order valence-corrected chi connectivity index (χ4v) is 1.79. The van der Waals surface area contributed by atoms with E-state index in [0.717, 1.165) is 12.0 Å². The van der Waals surface area contributed by atoms with Gasteiger partial charge in [0.1, 0.15) is 0 Å². The second-order valence-electron chi connectivity index (χ2n) is 3.91. The van der Waals surface area contributed by atoms with Gasteiger partial charge in [-0.1, -0.05) is 19.1 Å². The van der Waals surface area contributed by atoms with E-state index in [4.69, 9.17) is 5.73 Å². The summed E-state index contributed by atoms with van der Waals surface area (Å²) < 4.78 is 0. The zero-order valence-electron chi connectivity index (χ0n) is 8.42. The number of rotatable bonds is 3. The van der Waals surface area contributed by atoms with E-state index in [0.29, 0.717) is 11.5 Å². The number of carbonyl (C=O) groups excluding carboxylic acids is 1. The lowest BCUT2D eigenvalue weighted by Gasteiger charge is -2.07. The molecule has 1 aliphatic rings. The van der Waals surface area contributed by atoms with Gasteiger partial charge in [-0.15, -0.1) is 0 Å². The number of hydrogen-bond acceptors (Lipinski definition) is 1. The van der Waals surface area contributed by atoms with E-state index in [2.05, 4.69) is 13.0 Å². The van der Waals surface area contributed by atoms with Crippen molar-refractivity contribution in [3.63, 3.8) is 0 Å². The van der Waals surface area contributed by atoms with Crippen LogP contribution in [0.2, 0.25) is 0 Å². The molecule has 2 rings (SSSR count). The molecule has 0 atom stereocenters. The quantitative estimate of drug-likeness (QED) is 0.778. The number of aryl methyl sites for hydroxylation is 1. The van der Waals surface area contributed by atoms with Crippen LogP contribution in [-0.2, 0) is 6.42 Å². The molecule has 74 valence electrons. The van der Waals surface area contributed by atoms with E-state index in [1.54, 1.807) is 0 Å². The van der Waals surface area contributed by atoms with E-state index in [1.165, 1.54) is 18.4 Å². The molecular weight excluding hydrogens is 174 g/mol. The summed E-state index contributed by atoms with van der Waals surface area (Å²) in [5.41, 5.74) is 8.50. The van der Waals surface area contributed by atoms with Crippen LogP contribution in [-0.4, -0.2) is 5.91 Å². The Morgan fingerprint density at radius 3 is 2.71 bits per heavy atom. The summed E-state index contributed by atoms with van der Waals surface area (Å²) in [7, 11) is 0. The van der Waals surface area contributed by atoms with Crippen molar-refractivity contribution in [2.45, 2.75) is 32.1 Å². The summed E-state index contributed by atoms with van der Waals surface area (Å²) in [4.78, 5) is 11.2. The maximum atomic E-state index is 11.2. The molecule has 0 unspecified atom stereocenters. The summed E-state index contributed by atoms with van der Waals surface area (Å²) in [5.74, 6) is 0.290. The molecule has 0 radical (unpaired) electrons. The first-order chi connectivity index (χ1) is 6.72. The first-order valence-corrected chi connectivity index (χ1v) is 5.15. The maximum absolute atomic E-state index is 11.2. The van der Waals surface area contributed by atoms with E-state index in [9.17, 15) is 4.79 Å². The molecule has 1 aromatic rings. The summed E-state index contributed by atoms with van der Waals surface area (Å²) in [5, 5.41) is 0. The van der Waals surface area contributed by atoms with E-state index < -0.39 is 0 Å². The molecule has 1 fully saturated rings. The molecule has 1 aromatic carbocycles. The van der Waals surface area contributed by atoms with Crippen LogP contribution in [0.1, 0.15) is 47.2 Å². The minimum Gasteiger partial charge on any atom is -0.366 e. The van der Waals surface area contributed by atoms with Gasteiger partial charge in [-0.25, -0.2) is 0 Å². The zero-order valence-corrected chi connectivity index (χ0v) is 8.42. The highest BCUT2D eigenvalue weighted by Crippen LogP contribution is 2.41. The molecule has 1 amide bonds. The molecule has 1 saturated carbocycles. The van der Waals surface area contributed by atoms with Crippen LogP contribution < -0.4 is 5.73 Å². The highest BCUT2D eigenvalue weighted by Gasteiger charge is 2.27. The van der Waals surface area contributed by atoms with E-state index >= 15 is 0 Å². The third kappa shape index (κ3) is 1.65. The van der Waals surface area contributed by atoms with Gasteiger partial charge in [-0.3, -0.25) is 4.79 Å². The molecule has 2 nitrogen and oxygen atoms in total. The third-order valence-corrected chi connectivity index (χ3v) is 2.81. The van der Waals surface area contributed by atoms with Gasteiger partial charge >= 0.3 is 0 Å². The molecule has 2 N–H and O–H groups in total. The molecule has 0 heterocycles. The van der Waals surface area contributed by atoms with Gasteiger partial charge in [-0.2, -0.15) is 0 Å². The van der Waals surface area contributed by atoms with Crippen LogP contribution in [0.5, 0.6) is 0 Å². The molecule has 0 saturated heterocycles. The van der Waals surface area contributed by atoms with Crippen molar-refractivity contribution in [2.75, 3.05) is 0 Å². The van der Waals surface area contributed by atoms with Crippen LogP contribution in [0.3, 0.4) is 0 Å². The molecule has 0 spiro atoms. The number of primary amides is 1. The predicted octanol–water partition coefficient (Wildman–Crippen LogP) is 2.23. The SMILES string of the molecule is CCc1ccc(C(N)=O)c(C2CC2)c1. The van der Waals surface area contributed by atoms with E-state index in [1.807, 2.05) is 12.1 Å². The van der Waals surface area contributed by atoms with Gasteiger partial charge in [-0.05, 0) is 42.4 Å². The molecule has 0 aromatic heterocycles. The van der Waals surface area contributed by atoms with Crippen molar-refractivity contribution in [3.8, 4) is 0 Å². The molecule has 0 bridgehead atoms. The van der Waals surface area contributed by atoms with Crippen molar-refractivity contribution < 1.29 is 4.79 Å². The minimum atomic E-state index is -0.297. The van der Waals surface area contributed by atoms with Crippen LogP contribution >= 0.6 is 0 Å². The zero-order chi connectivity index (χ0) is 10.1. The first kappa shape index (κ1) is 9.25. The second-order valence-corrected chi connectivity index (χ2v) is 3.91. The molecule has 2 heteroatoms. The Morgan fingerprint density at radius 1 is 1.50 bits per heavy atom. The van der Waals surface area contributed by atoms with Crippen LogP contribution in [0.25, 0.3) is 0 Å². The van der Waals surface area contributed by atoms with Gasteiger partial charge in [0.05, 0.1) is 0 Å². The van der Waals surface area contributed by atoms with Crippen molar-refractivity contribution >= 4 is 5.91 Å². The lowest BCUT2D eigenvalue weighted by Crippen LogP contribution is -2.13. The Balaban J connectivity index is 2.43. The van der Waals surface area contributed by atoms with Crippen LogP contribution in [0.4, 0.5) is 0 Å². The number of hydrogen-bond donors (Lipinski definition) is 1. The number of carbonyl (C=O) groups is 1. The standard InChI is InChI=1S/C12H15NO/c1-2-8-3-6-10(12(13)14)11(7-8)9-4-5-9/h3,6-7,9H,2,4-5H2,1H3,(H2,13,14). The van der Waals surface area contributed by atoms with Crippen molar-refractivity contribution in [1.82, 2.24) is 0 Å². The summed E-state index contributed by atoms with van der Waals surface area (Å²) in [6.07, 6.45) is 3.42. The average molecular weight is 189 g/mol. The van der Waals surface area contributed by atoms with E-state index in [-0.39, 0.29) is 5.91 Å². The molecular formula is C12H15NO. The molecule has 1 aliphatic carbocycles. The Kier molecular flexibility index (Phi) is 2.28. The van der Waals surface area contributed by atoms with Gasteiger partial charge in [0.15, 0.2) is 0 Å². The first-order valence-electron chi connectivity index (χ1n) is 5.15. The minimum absolute atomic E-state index is 0.297. The third-order valence-electron chi connectivity index (χ3n) is 2.81. The Bertz CT molecular complexity index is 367. The Labute approximate surface area is 84.1 Å². The largest absolute Gasteiger partial charge is 0.366 e. The van der Waals surface area contributed by atoms with Gasteiger partial charge in [0.2, 0.25) is 5.91 Å². The second kappa shape index (κ2) is 3.45. The van der Waals surface area contributed by atoms with Gasteiger partial charge in [0, 0.05) is 5.56 Å². The average Bonchev–Trinajstić information content (AvgIpc) is 3.00. The number of amides is 1. The number of nitrogens with two attached hydrogens (primary N) is 1. The fraction of sp³-hybridized carbons (Fsp3) is 0.417. The normalized spacial score (nSPS) is 15.5. The lowest BCUT2D eigenvalue weighted by atomic mass is 9.99. The van der Waals surface area contributed by atoms with Crippen LogP contribution in [0.15, 0.2) is 18.2 Å². The summed E-state index contributed by atoms with van der Waals surface area (Å²) in [6, 6.07) is 6.00. The van der Waals surface area contributed by atoms with Gasteiger partial charge < -0.3 is 5.73 Å². The van der Waals surface area contributed by atoms with Gasteiger partial charge in [0.25, 0.3) is 0 Å². The highest BCUT2D eigenvalue weighted by atomic mass is 16.1. The summed E-state index contributed by atoms with van der Waals surface area (Å²) in [6.45, 7) is 2.12. The van der Waals surface area contributed by atoms with Crippen LogP contribution in [0, 0.1) is 0 Å². The summed E-state index contributed by atoms with van der Waals surface area (Å²) >= 11 is 0. The molecule has 0 aliphatic heterocycles. The maximum Gasteiger partial charge on any atom is 0.248 e. The van der Waals surface area contributed by atoms with Crippen molar-refractivity contribution in [2.24, 2.45) is 5.73 Å². The van der Waals surface area contributed by atoms with Crippen molar-refractivity contribution in [1.29, 1.82) is 0 Å². The number of benzene rings is 1. The smallest absolute Gasteiger partial charge is 0.248 e. The lowest BCUT2D eigenvalue weighted by molar-refractivity contribution is 0.0999. The topological polar surface area (TPSA) is 43.1 Å². The fourth-order valence-electron chi connectivity index (χ4n) is 1.79. The Morgan fingerprint density at radius 2 is 2.21 bits per heavy atom. The molecule has 14 heavy (non-hydrogen) atoms.